The molecular weight excluding hydrogens is 242 g/mol. The molecule has 2 fully saturated rings. The molecule has 1 aromatic rings. The second-order valence-corrected chi connectivity index (χ2v) is 5.41. The van der Waals surface area contributed by atoms with Crippen LogP contribution in [0.4, 0.5) is 0 Å². The fraction of sp³-hybridized carbons (Fsp3) is 0.533. The second kappa shape index (κ2) is 4.85. The third kappa shape index (κ3) is 2.21. The lowest BCUT2D eigenvalue weighted by atomic mass is 10.1. The highest BCUT2D eigenvalue weighted by molar-refractivity contribution is 5.95. The molecule has 1 N–H and O–H groups in total. The Kier molecular flexibility index (Phi) is 3.19. The lowest BCUT2D eigenvalue weighted by Gasteiger charge is -2.37. The zero-order valence-corrected chi connectivity index (χ0v) is 11.1. The number of carbonyl (C=O) groups excluding carboxylic acids is 1. The van der Waals surface area contributed by atoms with E-state index in [0.717, 1.165) is 24.8 Å². The van der Waals surface area contributed by atoms with Gasteiger partial charge in [-0.25, -0.2) is 0 Å². The third-order valence-electron chi connectivity index (χ3n) is 4.20. The van der Waals surface area contributed by atoms with Crippen molar-refractivity contribution in [2.75, 3.05) is 13.2 Å². The minimum absolute atomic E-state index is 0.00972. The van der Waals surface area contributed by atoms with Crippen LogP contribution in [0.15, 0.2) is 18.2 Å². The molecule has 0 spiro atoms. The van der Waals surface area contributed by atoms with Crippen molar-refractivity contribution in [2.24, 2.45) is 0 Å². The highest BCUT2D eigenvalue weighted by Gasteiger charge is 2.38. The Hall–Kier alpha value is -1.55. The van der Waals surface area contributed by atoms with Gasteiger partial charge >= 0.3 is 0 Å². The predicted octanol–water partition coefficient (Wildman–Crippen LogP) is 2.09. The maximum atomic E-state index is 12.6. The number of aromatic hydroxyl groups is 1. The van der Waals surface area contributed by atoms with E-state index < -0.39 is 0 Å². The summed E-state index contributed by atoms with van der Waals surface area (Å²) >= 11 is 0. The van der Waals surface area contributed by atoms with Gasteiger partial charge in [0.1, 0.15) is 5.75 Å². The number of hydrogen-bond donors (Lipinski definition) is 1. The molecule has 1 aromatic carbocycles. The van der Waals surface area contributed by atoms with Crippen LogP contribution in [0, 0.1) is 6.92 Å². The first-order valence-electron chi connectivity index (χ1n) is 6.89. The average Bonchev–Trinajstić information content (AvgIpc) is 2.89. The lowest BCUT2D eigenvalue weighted by molar-refractivity contribution is -0.0445. The molecule has 0 aromatic heterocycles. The number of fused-ring (bicyclic) bond motifs is 1. The highest BCUT2D eigenvalue weighted by Crippen LogP contribution is 2.31. The zero-order chi connectivity index (χ0) is 13.4. The summed E-state index contributed by atoms with van der Waals surface area (Å²) in [6, 6.07) is 5.35. The molecule has 19 heavy (non-hydrogen) atoms. The summed E-state index contributed by atoms with van der Waals surface area (Å²) < 4.78 is 5.72. The molecule has 102 valence electrons. The van der Waals surface area contributed by atoms with Gasteiger partial charge in [0.25, 0.3) is 5.91 Å². The molecule has 1 heterocycles. The Labute approximate surface area is 113 Å². The molecule has 0 bridgehead atoms. The topological polar surface area (TPSA) is 49.8 Å². The van der Waals surface area contributed by atoms with Crippen LogP contribution >= 0.6 is 0 Å². The first-order chi connectivity index (χ1) is 9.16. The van der Waals surface area contributed by atoms with Crippen molar-refractivity contribution >= 4 is 5.91 Å². The molecular formula is C15H19NO3. The summed E-state index contributed by atoms with van der Waals surface area (Å²) in [6.07, 6.45) is 3.40. The van der Waals surface area contributed by atoms with E-state index in [9.17, 15) is 9.90 Å². The number of phenolic OH excluding ortho intramolecular Hbond substituents is 1. The van der Waals surface area contributed by atoms with Gasteiger partial charge in [-0.15, -0.1) is 0 Å². The number of carbonyl (C=O) groups is 1. The van der Waals surface area contributed by atoms with Crippen molar-refractivity contribution in [2.45, 2.75) is 38.3 Å². The SMILES string of the molecule is Cc1ccc(C(=O)N2CCOC3CCCC32)cc1O. The van der Waals surface area contributed by atoms with Gasteiger partial charge in [-0.2, -0.15) is 0 Å². The lowest BCUT2D eigenvalue weighted by Crippen LogP contribution is -2.51. The first kappa shape index (κ1) is 12.5. The number of benzene rings is 1. The van der Waals surface area contributed by atoms with Gasteiger partial charge in [-0.3, -0.25) is 4.79 Å². The summed E-state index contributed by atoms with van der Waals surface area (Å²) in [4.78, 5) is 14.5. The van der Waals surface area contributed by atoms with Crippen LogP contribution < -0.4 is 0 Å². The first-order valence-corrected chi connectivity index (χ1v) is 6.89. The summed E-state index contributed by atoms with van der Waals surface area (Å²) in [6.45, 7) is 3.09. The summed E-state index contributed by atoms with van der Waals surface area (Å²) in [5.41, 5.74) is 1.35. The Morgan fingerprint density at radius 2 is 2.26 bits per heavy atom. The van der Waals surface area contributed by atoms with Crippen molar-refractivity contribution in [1.29, 1.82) is 0 Å². The van der Waals surface area contributed by atoms with E-state index in [0.29, 0.717) is 18.7 Å². The van der Waals surface area contributed by atoms with E-state index in [4.69, 9.17) is 4.74 Å². The maximum Gasteiger partial charge on any atom is 0.254 e. The quantitative estimate of drug-likeness (QED) is 0.842. The molecule has 2 aliphatic rings. The zero-order valence-electron chi connectivity index (χ0n) is 11.1. The van der Waals surface area contributed by atoms with E-state index in [1.54, 1.807) is 18.2 Å². The fourth-order valence-electron chi connectivity index (χ4n) is 3.09. The molecule has 1 amide bonds. The van der Waals surface area contributed by atoms with Gasteiger partial charge in [0, 0.05) is 12.1 Å². The molecule has 0 radical (unpaired) electrons. The van der Waals surface area contributed by atoms with Crippen molar-refractivity contribution in [3.05, 3.63) is 29.3 Å². The molecule has 1 saturated heterocycles. The second-order valence-electron chi connectivity index (χ2n) is 5.41. The van der Waals surface area contributed by atoms with E-state index >= 15 is 0 Å². The summed E-state index contributed by atoms with van der Waals surface area (Å²) in [5.74, 6) is 0.192. The monoisotopic (exact) mass is 261 g/mol. The van der Waals surface area contributed by atoms with Crippen LogP contribution in [-0.4, -0.2) is 41.2 Å². The Morgan fingerprint density at radius 3 is 3.05 bits per heavy atom. The van der Waals surface area contributed by atoms with Crippen LogP contribution in [0.1, 0.15) is 35.2 Å². The van der Waals surface area contributed by atoms with Gasteiger partial charge in [0.2, 0.25) is 0 Å². The van der Waals surface area contributed by atoms with Crippen LogP contribution in [0.25, 0.3) is 0 Å². The van der Waals surface area contributed by atoms with Crippen LogP contribution in [-0.2, 0) is 4.74 Å². The van der Waals surface area contributed by atoms with Gasteiger partial charge in [0.05, 0.1) is 18.8 Å². The smallest absolute Gasteiger partial charge is 0.254 e. The minimum atomic E-state index is 0.00972. The number of rotatable bonds is 1. The molecule has 1 saturated carbocycles. The van der Waals surface area contributed by atoms with Crippen LogP contribution in [0.5, 0.6) is 5.75 Å². The molecule has 1 aliphatic heterocycles. The number of morpholine rings is 1. The van der Waals surface area contributed by atoms with Crippen molar-refractivity contribution in [3.63, 3.8) is 0 Å². The molecule has 4 nitrogen and oxygen atoms in total. The fourth-order valence-corrected chi connectivity index (χ4v) is 3.09. The Balaban J connectivity index is 1.84. The third-order valence-corrected chi connectivity index (χ3v) is 4.20. The Bertz CT molecular complexity index is 500. The van der Waals surface area contributed by atoms with Crippen molar-refractivity contribution < 1.29 is 14.6 Å². The number of phenols is 1. The standard InChI is InChI=1S/C15H19NO3/c1-10-5-6-11(9-13(10)17)15(18)16-7-8-19-14-4-2-3-12(14)16/h5-6,9,12,14,17H,2-4,7-8H2,1H3. The van der Waals surface area contributed by atoms with Gasteiger partial charge in [-0.1, -0.05) is 6.07 Å². The predicted molar refractivity (Wildman–Crippen MR) is 71.3 cm³/mol. The van der Waals surface area contributed by atoms with Crippen LogP contribution in [0.3, 0.4) is 0 Å². The number of hydrogen-bond acceptors (Lipinski definition) is 3. The number of amides is 1. The normalized spacial score (nSPS) is 26.3. The summed E-state index contributed by atoms with van der Waals surface area (Å²) in [7, 11) is 0. The molecule has 2 unspecified atom stereocenters. The van der Waals surface area contributed by atoms with E-state index in [-0.39, 0.29) is 23.8 Å². The van der Waals surface area contributed by atoms with Gasteiger partial charge < -0.3 is 14.7 Å². The average molecular weight is 261 g/mol. The van der Waals surface area contributed by atoms with E-state index in [2.05, 4.69) is 0 Å². The molecule has 2 atom stereocenters. The minimum Gasteiger partial charge on any atom is -0.508 e. The van der Waals surface area contributed by atoms with E-state index in [1.807, 2.05) is 11.8 Å². The maximum absolute atomic E-state index is 12.6. The van der Waals surface area contributed by atoms with Gasteiger partial charge in [-0.05, 0) is 43.9 Å². The molecule has 1 aliphatic carbocycles. The number of aryl methyl sites for hydroxylation is 1. The largest absolute Gasteiger partial charge is 0.508 e. The number of ether oxygens (including phenoxy) is 1. The van der Waals surface area contributed by atoms with Crippen molar-refractivity contribution in [1.82, 2.24) is 4.90 Å². The Morgan fingerprint density at radius 1 is 1.42 bits per heavy atom. The highest BCUT2D eigenvalue weighted by atomic mass is 16.5. The molecule has 4 heteroatoms. The van der Waals surface area contributed by atoms with Gasteiger partial charge in [0.15, 0.2) is 0 Å². The molecule has 3 rings (SSSR count). The van der Waals surface area contributed by atoms with Crippen LogP contribution in [0.2, 0.25) is 0 Å². The number of nitrogens with zero attached hydrogens (tertiary/aromatic N) is 1. The van der Waals surface area contributed by atoms with Crippen molar-refractivity contribution in [3.8, 4) is 5.75 Å². The summed E-state index contributed by atoms with van der Waals surface area (Å²) in [5, 5.41) is 9.74. The van der Waals surface area contributed by atoms with E-state index in [1.165, 1.54) is 0 Å².